The van der Waals surface area contributed by atoms with Crippen LogP contribution in [0.4, 0.5) is 0 Å². The zero-order valence-corrected chi connectivity index (χ0v) is 13.7. The summed E-state index contributed by atoms with van der Waals surface area (Å²) in [4.78, 5) is 0. The number of phenols is 3. The number of benzene rings is 2. The maximum absolute atomic E-state index is 9.77. The minimum atomic E-state index is -0.178. The molecule has 0 saturated heterocycles. The summed E-state index contributed by atoms with van der Waals surface area (Å²) in [6.45, 7) is 7.29. The van der Waals surface area contributed by atoms with Gasteiger partial charge in [-0.2, -0.15) is 0 Å². The molecule has 2 aromatic rings. The second kappa shape index (κ2) is 8.45. The molecule has 0 heterocycles. The van der Waals surface area contributed by atoms with Gasteiger partial charge in [0.25, 0.3) is 0 Å². The van der Waals surface area contributed by atoms with Crippen LogP contribution in [0.2, 0.25) is 0 Å². The van der Waals surface area contributed by atoms with Gasteiger partial charge in [0.15, 0.2) is 0 Å². The lowest BCUT2D eigenvalue weighted by molar-refractivity contribution is 0.421. The molecule has 0 aromatic heterocycles. The molecule has 128 valence electrons. The fourth-order valence-corrected chi connectivity index (χ4v) is 2.19. The zero-order valence-electron chi connectivity index (χ0n) is 13.7. The van der Waals surface area contributed by atoms with Crippen LogP contribution in [0.3, 0.4) is 0 Å². The van der Waals surface area contributed by atoms with Crippen molar-refractivity contribution in [1.82, 2.24) is 0 Å². The lowest BCUT2D eigenvalue weighted by atomic mass is 10.1. The predicted octanol–water partition coefficient (Wildman–Crippen LogP) is 4.69. The van der Waals surface area contributed by atoms with Crippen LogP contribution in [-0.2, 0) is 6.42 Å². The van der Waals surface area contributed by atoms with E-state index >= 15 is 0 Å². The fraction of sp³-hybridized carbons (Fsp3) is 0.0476. The van der Waals surface area contributed by atoms with Crippen molar-refractivity contribution >= 4 is 6.08 Å². The molecule has 0 radical (unpaired) electrons. The summed E-state index contributed by atoms with van der Waals surface area (Å²) < 4.78 is 5.63. The average Bonchev–Trinajstić information content (AvgIpc) is 2.58. The molecule has 4 nitrogen and oxygen atoms in total. The Morgan fingerprint density at radius 2 is 1.64 bits per heavy atom. The van der Waals surface area contributed by atoms with Crippen LogP contribution in [0.25, 0.3) is 6.08 Å². The topological polar surface area (TPSA) is 69.9 Å². The molecule has 0 bridgehead atoms. The third-order valence-electron chi connectivity index (χ3n) is 3.42. The molecule has 3 N–H and O–H groups in total. The van der Waals surface area contributed by atoms with Crippen molar-refractivity contribution in [3.8, 4) is 23.0 Å². The second-order valence-electron chi connectivity index (χ2n) is 5.25. The normalized spacial score (nSPS) is 11.4. The van der Waals surface area contributed by atoms with Crippen LogP contribution >= 0.6 is 0 Å². The first kappa shape index (κ1) is 17.9. The summed E-state index contributed by atoms with van der Waals surface area (Å²) in [5, 5.41) is 28.8. The molecular weight excluding hydrogens is 316 g/mol. The van der Waals surface area contributed by atoms with E-state index < -0.39 is 0 Å². The molecule has 4 heteroatoms. The Morgan fingerprint density at radius 1 is 1.00 bits per heavy atom. The Bertz CT molecular complexity index is 791. The zero-order chi connectivity index (χ0) is 18.2. The van der Waals surface area contributed by atoms with E-state index in [2.05, 4.69) is 13.2 Å². The molecule has 0 aliphatic carbocycles. The van der Waals surface area contributed by atoms with Crippen molar-refractivity contribution in [3.63, 3.8) is 0 Å². The lowest BCUT2D eigenvalue weighted by Crippen LogP contribution is -1.91. The number of rotatable bonds is 7. The van der Waals surface area contributed by atoms with Gasteiger partial charge >= 0.3 is 0 Å². The smallest absolute Gasteiger partial charge is 0.127 e. The van der Waals surface area contributed by atoms with Gasteiger partial charge in [-0.25, -0.2) is 0 Å². The molecule has 25 heavy (non-hydrogen) atoms. The Labute approximate surface area is 147 Å². The van der Waals surface area contributed by atoms with E-state index in [4.69, 9.17) is 4.74 Å². The first-order valence-electron chi connectivity index (χ1n) is 7.67. The van der Waals surface area contributed by atoms with Crippen molar-refractivity contribution in [2.24, 2.45) is 0 Å². The maximum Gasteiger partial charge on any atom is 0.127 e. The van der Waals surface area contributed by atoms with E-state index in [9.17, 15) is 15.3 Å². The molecule has 0 spiro atoms. The number of hydrogen-bond acceptors (Lipinski definition) is 4. The second-order valence-corrected chi connectivity index (χ2v) is 5.25. The van der Waals surface area contributed by atoms with Crippen LogP contribution < -0.4 is 4.74 Å². The van der Waals surface area contributed by atoms with Gasteiger partial charge in [0.1, 0.15) is 28.8 Å². The molecule has 0 atom stereocenters. The number of phenolic OH excluding ortho intramolecular Hbond substituents is 3. The van der Waals surface area contributed by atoms with E-state index in [0.717, 1.165) is 5.56 Å². The Hall–Kier alpha value is -3.40. The van der Waals surface area contributed by atoms with E-state index in [1.807, 2.05) is 36.4 Å². The van der Waals surface area contributed by atoms with Crippen molar-refractivity contribution in [2.45, 2.75) is 6.42 Å². The molecule has 0 fully saturated rings. The van der Waals surface area contributed by atoms with E-state index in [0.29, 0.717) is 23.5 Å². The van der Waals surface area contributed by atoms with Crippen molar-refractivity contribution in [1.29, 1.82) is 0 Å². The van der Waals surface area contributed by atoms with Crippen molar-refractivity contribution in [3.05, 3.63) is 90.7 Å². The summed E-state index contributed by atoms with van der Waals surface area (Å²) in [5.74, 6) is 0.826. The molecule has 0 aliphatic rings. The van der Waals surface area contributed by atoms with Gasteiger partial charge in [-0.1, -0.05) is 43.5 Å². The number of hydrogen-bond donors (Lipinski definition) is 3. The van der Waals surface area contributed by atoms with Crippen LogP contribution in [0.5, 0.6) is 23.0 Å². The van der Waals surface area contributed by atoms with E-state index in [-0.39, 0.29) is 17.2 Å². The first-order valence-corrected chi connectivity index (χ1v) is 7.67. The molecule has 0 amide bonds. The molecule has 0 unspecified atom stereocenters. The van der Waals surface area contributed by atoms with E-state index in [1.165, 1.54) is 12.1 Å². The fourth-order valence-electron chi connectivity index (χ4n) is 2.19. The molecular formula is C21H20O4. The Kier molecular flexibility index (Phi) is 6.07. The molecule has 0 saturated carbocycles. The van der Waals surface area contributed by atoms with Crippen LogP contribution in [0.1, 0.15) is 11.1 Å². The van der Waals surface area contributed by atoms with Gasteiger partial charge in [-0.05, 0) is 36.3 Å². The van der Waals surface area contributed by atoms with Gasteiger partial charge in [0, 0.05) is 17.7 Å². The highest BCUT2D eigenvalue weighted by Crippen LogP contribution is 2.32. The van der Waals surface area contributed by atoms with Crippen molar-refractivity contribution < 1.29 is 20.1 Å². The lowest BCUT2D eigenvalue weighted by Gasteiger charge is -2.06. The maximum atomic E-state index is 9.77. The third-order valence-corrected chi connectivity index (χ3v) is 3.42. The van der Waals surface area contributed by atoms with Crippen LogP contribution in [0.15, 0.2) is 79.6 Å². The molecule has 2 rings (SSSR count). The summed E-state index contributed by atoms with van der Waals surface area (Å²) in [6.07, 6.45) is 8.96. The highest BCUT2D eigenvalue weighted by molar-refractivity contribution is 5.54. The number of allylic oxidation sites excluding steroid dienone is 4. The third kappa shape index (κ3) is 5.04. The highest BCUT2D eigenvalue weighted by atomic mass is 16.5. The summed E-state index contributed by atoms with van der Waals surface area (Å²) in [7, 11) is 0. The average molecular weight is 336 g/mol. The quantitative estimate of drug-likeness (QED) is 0.506. The number of aromatic hydroxyl groups is 3. The van der Waals surface area contributed by atoms with E-state index in [1.54, 1.807) is 18.2 Å². The minimum absolute atomic E-state index is 0.142. The standard InChI is InChI=1S/C21H20O4/c1-3-6-17(4-2)25-18-11-9-15(10-12-18)7-5-8-19-20(23)13-16(22)14-21(19)24/h3-7,9-14,22-24H,1-2,8H2/b7-5+,17-6+. The summed E-state index contributed by atoms with van der Waals surface area (Å²) >= 11 is 0. The van der Waals surface area contributed by atoms with Gasteiger partial charge in [0.05, 0.1) is 0 Å². The largest absolute Gasteiger partial charge is 0.508 e. The van der Waals surface area contributed by atoms with Crippen LogP contribution in [0, 0.1) is 0 Å². The monoisotopic (exact) mass is 336 g/mol. The van der Waals surface area contributed by atoms with Gasteiger partial charge < -0.3 is 20.1 Å². The Balaban J connectivity index is 2.04. The van der Waals surface area contributed by atoms with Crippen LogP contribution in [-0.4, -0.2) is 15.3 Å². The molecule has 0 aliphatic heterocycles. The highest BCUT2D eigenvalue weighted by Gasteiger charge is 2.07. The van der Waals surface area contributed by atoms with Crippen molar-refractivity contribution in [2.75, 3.05) is 0 Å². The summed E-state index contributed by atoms with van der Waals surface area (Å²) in [5.41, 5.74) is 1.30. The predicted molar refractivity (Wildman–Crippen MR) is 99.7 cm³/mol. The minimum Gasteiger partial charge on any atom is -0.508 e. The van der Waals surface area contributed by atoms with Gasteiger partial charge in [0.2, 0.25) is 0 Å². The summed E-state index contributed by atoms with van der Waals surface area (Å²) in [6, 6.07) is 9.82. The van der Waals surface area contributed by atoms with Gasteiger partial charge in [-0.15, -0.1) is 0 Å². The Morgan fingerprint density at radius 3 is 2.20 bits per heavy atom. The first-order chi connectivity index (χ1) is 12.0. The SMILES string of the molecule is C=C/C=C(\C=C)Oc1ccc(/C=C/Cc2c(O)cc(O)cc2O)cc1. The molecule has 2 aromatic carbocycles. The van der Waals surface area contributed by atoms with Gasteiger partial charge in [-0.3, -0.25) is 0 Å². The number of ether oxygens (including phenoxy) is 1.